The number of aliphatic hydroxyl groups excluding tert-OH is 1. The summed E-state index contributed by atoms with van der Waals surface area (Å²) in [5.74, 6) is -0.0521. The number of aliphatic imine (C=N–C) groups is 1. The average molecular weight is 363 g/mol. The maximum atomic E-state index is 14.4. The van der Waals surface area contributed by atoms with E-state index in [1.165, 1.54) is 6.08 Å². The SMILES string of the molecule is C=C(/N=C(\C(F)=C/C)n1cc(C)c(CO)c1)Nc1ccc2ccccc2c1. The van der Waals surface area contributed by atoms with Crippen LogP contribution in [0.25, 0.3) is 10.8 Å². The number of hydrogen-bond acceptors (Lipinski definition) is 3. The number of nitrogens with zero attached hydrogens (tertiary/aromatic N) is 2. The van der Waals surface area contributed by atoms with Crippen LogP contribution in [0.2, 0.25) is 0 Å². The van der Waals surface area contributed by atoms with Crippen molar-refractivity contribution in [3.8, 4) is 0 Å². The molecular formula is C22H22FN3O. The lowest BCUT2D eigenvalue weighted by atomic mass is 10.1. The third kappa shape index (κ3) is 4.15. The Labute approximate surface area is 158 Å². The Hall–Kier alpha value is -3.18. The van der Waals surface area contributed by atoms with Gasteiger partial charge in [0, 0.05) is 18.1 Å². The number of halogens is 1. The molecule has 0 atom stereocenters. The van der Waals surface area contributed by atoms with Crippen LogP contribution in [0, 0.1) is 6.92 Å². The van der Waals surface area contributed by atoms with Crippen molar-refractivity contribution in [1.82, 2.24) is 4.57 Å². The van der Waals surface area contributed by atoms with Gasteiger partial charge in [-0.3, -0.25) is 0 Å². The number of hydrogen-bond donors (Lipinski definition) is 2. The number of aryl methyl sites for hydroxylation is 1. The third-order valence-electron chi connectivity index (χ3n) is 4.30. The summed E-state index contributed by atoms with van der Waals surface area (Å²) >= 11 is 0. The molecule has 0 saturated carbocycles. The van der Waals surface area contributed by atoms with Crippen molar-refractivity contribution in [2.75, 3.05) is 5.32 Å². The molecule has 2 aromatic carbocycles. The fourth-order valence-corrected chi connectivity index (χ4v) is 2.84. The van der Waals surface area contributed by atoms with Crippen LogP contribution < -0.4 is 5.32 Å². The zero-order valence-corrected chi connectivity index (χ0v) is 15.4. The van der Waals surface area contributed by atoms with E-state index in [9.17, 15) is 9.50 Å². The number of nitrogens with one attached hydrogen (secondary N) is 1. The van der Waals surface area contributed by atoms with Crippen LogP contribution in [0.3, 0.4) is 0 Å². The van der Waals surface area contributed by atoms with Gasteiger partial charge in [0.15, 0.2) is 11.7 Å². The molecule has 0 bridgehead atoms. The van der Waals surface area contributed by atoms with Crippen LogP contribution in [-0.2, 0) is 6.61 Å². The summed E-state index contributed by atoms with van der Waals surface area (Å²) in [6.07, 6.45) is 4.74. The second-order valence-corrected chi connectivity index (χ2v) is 6.24. The summed E-state index contributed by atoms with van der Waals surface area (Å²) in [4.78, 5) is 4.33. The minimum absolute atomic E-state index is 0.110. The molecule has 1 aromatic heterocycles. The van der Waals surface area contributed by atoms with Gasteiger partial charge in [0.25, 0.3) is 0 Å². The van der Waals surface area contributed by atoms with E-state index in [0.29, 0.717) is 5.82 Å². The van der Waals surface area contributed by atoms with Crippen molar-refractivity contribution in [3.05, 3.63) is 90.3 Å². The highest BCUT2D eigenvalue weighted by Crippen LogP contribution is 2.20. The Bertz CT molecular complexity index is 1050. The van der Waals surface area contributed by atoms with E-state index >= 15 is 0 Å². The zero-order chi connectivity index (χ0) is 19.4. The Kier molecular flexibility index (Phi) is 5.52. The van der Waals surface area contributed by atoms with Crippen molar-refractivity contribution < 1.29 is 9.50 Å². The van der Waals surface area contributed by atoms with Crippen LogP contribution in [0.15, 0.2) is 84.2 Å². The van der Waals surface area contributed by atoms with Gasteiger partial charge >= 0.3 is 0 Å². The highest BCUT2D eigenvalue weighted by atomic mass is 19.1. The van der Waals surface area contributed by atoms with E-state index in [2.05, 4.69) is 16.9 Å². The largest absolute Gasteiger partial charge is 0.392 e. The lowest BCUT2D eigenvalue weighted by Crippen LogP contribution is -2.12. The fourth-order valence-electron chi connectivity index (χ4n) is 2.84. The number of fused-ring (bicyclic) bond motifs is 1. The molecule has 3 aromatic rings. The molecule has 0 saturated heterocycles. The quantitative estimate of drug-likeness (QED) is 0.487. The van der Waals surface area contributed by atoms with Crippen molar-refractivity contribution in [1.29, 1.82) is 0 Å². The van der Waals surface area contributed by atoms with Crippen LogP contribution >= 0.6 is 0 Å². The molecule has 0 spiro atoms. The van der Waals surface area contributed by atoms with E-state index in [0.717, 1.165) is 27.6 Å². The molecule has 0 amide bonds. The second kappa shape index (κ2) is 8.01. The van der Waals surface area contributed by atoms with Crippen LogP contribution in [0.4, 0.5) is 10.1 Å². The van der Waals surface area contributed by atoms with Crippen molar-refractivity contribution in [3.63, 3.8) is 0 Å². The molecule has 0 unspecified atom stereocenters. The smallest absolute Gasteiger partial charge is 0.174 e. The molecule has 0 aliphatic rings. The minimum atomic E-state index is -0.476. The summed E-state index contributed by atoms with van der Waals surface area (Å²) < 4.78 is 16.0. The van der Waals surface area contributed by atoms with Gasteiger partial charge in [0.05, 0.1) is 6.61 Å². The van der Waals surface area contributed by atoms with Crippen LogP contribution in [-0.4, -0.2) is 15.5 Å². The summed E-state index contributed by atoms with van der Waals surface area (Å²) in [6.45, 7) is 7.26. The number of aliphatic hydroxyl groups is 1. The predicted octanol–water partition coefficient (Wildman–Crippen LogP) is 5.15. The first-order valence-corrected chi connectivity index (χ1v) is 8.66. The minimum Gasteiger partial charge on any atom is -0.392 e. The lowest BCUT2D eigenvalue weighted by Gasteiger charge is -2.10. The number of benzene rings is 2. The number of allylic oxidation sites excluding steroid dienone is 2. The van der Waals surface area contributed by atoms with Crippen molar-refractivity contribution in [2.45, 2.75) is 20.5 Å². The lowest BCUT2D eigenvalue weighted by molar-refractivity contribution is 0.281. The molecule has 5 heteroatoms. The maximum Gasteiger partial charge on any atom is 0.174 e. The highest BCUT2D eigenvalue weighted by molar-refractivity contribution is 5.99. The van der Waals surface area contributed by atoms with E-state index < -0.39 is 5.83 Å². The summed E-state index contributed by atoms with van der Waals surface area (Å²) in [5.41, 5.74) is 2.41. The fraction of sp³-hybridized carbons (Fsp3) is 0.136. The van der Waals surface area contributed by atoms with Crippen LogP contribution in [0.5, 0.6) is 0 Å². The summed E-state index contributed by atoms with van der Waals surface area (Å²) in [7, 11) is 0. The van der Waals surface area contributed by atoms with Gasteiger partial charge in [-0.25, -0.2) is 9.38 Å². The molecule has 4 nitrogen and oxygen atoms in total. The molecule has 138 valence electrons. The Morgan fingerprint density at radius 2 is 1.96 bits per heavy atom. The zero-order valence-electron chi connectivity index (χ0n) is 15.4. The van der Waals surface area contributed by atoms with Gasteiger partial charge in [-0.05, 0) is 54.0 Å². The standard InChI is InChI=1S/C22H22FN3O/c1-4-21(23)22(26-12-15(2)19(13-26)14-27)25-16(3)24-20-10-9-17-7-5-6-8-18(17)11-20/h4-13,24,27H,3,14H2,1-2H3/b21-4+,25-22+. The molecule has 0 aliphatic carbocycles. The topological polar surface area (TPSA) is 49.5 Å². The maximum absolute atomic E-state index is 14.4. The van der Waals surface area contributed by atoms with Crippen LogP contribution in [0.1, 0.15) is 18.1 Å². The molecular weight excluding hydrogens is 341 g/mol. The van der Waals surface area contributed by atoms with Gasteiger partial charge in [-0.1, -0.05) is 36.9 Å². The third-order valence-corrected chi connectivity index (χ3v) is 4.30. The normalized spacial score (nSPS) is 12.4. The highest BCUT2D eigenvalue weighted by Gasteiger charge is 2.12. The van der Waals surface area contributed by atoms with Gasteiger partial charge in [0.2, 0.25) is 0 Å². The van der Waals surface area contributed by atoms with Crippen molar-refractivity contribution in [2.24, 2.45) is 4.99 Å². The van der Waals surface area contributed by atoms with Gasteiger partial charge in [-0.15, -0.1) is 0 Å². The Morgan fingerprint density at radius 3 is 2.63 bits per heavy atom. The van der Waals surface area contributed by atoms with E-state index in [4.69, 9.17) is 0 Å². The average Bonchev–Trinajstić information content (AvgIpc) is 3.05. The Morgan fingerprint density at radius 1 is 1.22 bits per heavy atom. The van der Waals surface area contributed by atoms with E-state index in [1.807, 2.05) is 49.4 Å². The monoisotopic (exact) mass is 363 g/mol. The molecule has 0 radical (unpaired) electrons. The first-order chi connectivity index (χ1) is 13.0. The van der Waals surface area contributed by atoms with Crippen molar-refractivity contribution >= 4 is 22.3 Å². The molecule has 1 heterocycles. The van der Waals surface area contributed by atoms with E-state index in [-0.39, 0.29) is 12.4 Å². The molecule has 0 fully saturated rings. The van der Waals surface area contributed by atoms with Gasteiger partial charge in [0.1, 0.15) is 5.82 Å². The number of aromatic nitrogens is 1. The molecule has 2 N–H and O–H groups in total. The predicted molar refractivity (Wildman–Crippen MR) is 110 cm³/mol. The second-order valence-electron chi connectivity index (χ2n) is 6.24. The molecule has 3 rings (SSSR count). The first kappa shape index (κ1) is 18.6. The number of rotatable bonds is 5. The van der Waals surface area contributed by atoms with E-state index in [1.54, 1.807) is 23.9 Å². The number of anilines is 1. The summed E-state index contributed by atoms with van der Waals surface area (Å²) in [5, 5.41) is 14.7. The summed E-state index contributed by atoms with van der Waals surface area (Å²) in [6, 6.07) is 14.0. The van der Waals surface area contributed by atoms with Gasteiger partial charge in [-0.2, -0.15) is 0 Å². The first-order valence-electron chi connectivity index (χ1n) is 8.66. The Balaban J connectivity index is 1.90. The van der Waals surface area contributed by atoms with Gasteiger partial charge < -0.3 is 15.0 Å². The molecule has 0 aliphatic heterocycles. The molecule has 27 heavy (non-hydrogen) atoms.